The number of nitrogens with one attached hydrogen (secondary N) is 1. The monoisotopic (exact) mass is 517 g/mol. The first kappa shape index (κ1) is 25.3. The van der Waals surface area contributed by atoms with Crippen LogP contribution >= 0.6 is 0 Å². The SMILES string of the molecule is COc1ccc(N(C(=O)Cn2nnc3ccccc32)[C@@H](C(=O)NC[C@@H]2CCCO2)c2ccccc2F)cc1. The van der Waals surface area contributed by atoms with Crippen LogP contribution in [0.2, 0.25) is 0 Å². The van der Waals surface area contributed by atoms with E-state index in [9.17, 15) is 9.59 Å². The van der Waals surface area contributed by atoms with Gasteiger partial charge in [-0.05, 0) is 55.3 Å². The van der Waals surface area contributed by atoms with Crippen molar-refractivity contribution >= 4 is 28.5 Å². The lowest BCUT2D eigenvalue weighted by atomic mass is 10.0. The predicted octanol–water partition coefficient (Wildman–Crippen LogP) is 3.65. The maximum Gasteiger partial charge on any atom is 0.249 e. The Hall–Kier alpha value is -4.31. The van der Waals surface area contributed by atoms with E-state index in [0.29, 0.717) is 29.1 Å². The van der Waals surface area contributed by atoms with Crippen LogP contribution in [0.3, 0.4) is 0 Å². The third kappa shape index (κ3) is 5.35. The molecule has 38 heavy (non-hydrogen) atoms. The number of fused-ring (bicyclic) bond motifs is 1. The first-order chi connectivity index (χ1) is 18.5. The molecule has 9 nitrogen and oxygen atoms in total. The number of carbonyl (C=O) groups is 2. The quantitative estimate of drug-likeness (QED) is 0.364. The van der Waals surface area contributed by atoms with E-state index in [2.05, 4.69) is 15.6 Å². The zero-order chi connectivity index (χ0) is 26.5. The molecule has 0 saturated carbocycles. The lowest BCUT2D eigenvalue weighted by Crippen LogP contribution is -2.47. The molecular weight excluding hydrogens is 489 g/mol. The number of nitrogens with zero attached hydrogens (tertiary/aromatic N) is 4. The summed E-state index contributed by atoms with van der Waals surface area (Å²) in [5.74, 6) is -1.000. The molecule has 2 heterocycles. The smallest absolute Gasteiger partial charge is 0.249 e. The van der Waals surface area contributed by atoms with Gasteiger partial charge in [0.25, 0.3) is 0 Å². The number of rotatable bonds is 9. The zero-order valence-electron chi connectivity index (χ0n) is 20.9. The van der Waals surface area contributed by atoms with E-state index < -0.39 is 23.7 Å². The third-order valence-electron chi connectivity index (χ3n) is 6.56. The van der Waals surface area contributed by atoms with Gasteiger partial charge in [0.1, 0.15) is 29.7 Å². The van der Waals surface area contributed by atoms with Gasteiger partial charge in [-0.1, -0.05) is 35.5 Å². The number of methoxy groups -OCH3 is 1. The highest BCUT2D eigenvalue weighted by Gasteiger charge is 2.35. The van der Waals surface area contributed by atoms with E-state index in [1.807, 2.05) is 18.2 Å². The van der Waals surface area contributed by atoms with Crippen molar-refractivity contribution in [2.45, 2.75) is 31.5 Å². The predicted molar refractivity (Wildman–Crippen MR) is 139 cm³/mol. The molecule has 2 atom stereocenters. The second kappa shape index (κ2) is 11.4. The van der Waals surface area contributed by atoms with Crippen LogP contribution in [0.4, 0.5) is 10.1 Å². The van der Waals surface area contributed by atoms with Crippen LogP contribution in [-0.2, 0) is 20.9 Å². The maximum atomic E-state index is 15.2. The highest BCUT2D eigenvalue weighted by molar-refractivity contribution is 6.01. The Balaban J connectivity index is 1.55. The van der Waals surface area contributed by atoms with Crippen molar-refractivity contribution in [3.63, 3.8) is 0 Å². The summed E-state index contributed by atoms with van der Waals surface area (Å²) in [5.41, 5.74) is 1.78. The molecule has 1 aromatic heterocycles. The molecular formula is C28H28FN5O4. The van der Waals surface area contributed by atoms with Crippen molar-refractivity contribution in [3.05, 3.63) is 84.2 Å². The number of ether oxygens (including phenoxy) is 2. The van der Waals surface area contributed by atoms with Crippen molar-refractivity contribution in [1.29, 1.82) is 0 Å². The second-order valence-corrected chi connectivity index (χ2v) is 9.00. The minimum Gasteiger partial charge on any atom is -0.497 e. The van der Waals surface area contributed by atoms with Crippen LogP contribution in [0.5, 0.6) is 5.75 Å². The van der Waals surface area contributed by atoms with Gasteiger partial charge in [-0.25, -0.2) is 9.07 Å². The molecule has 1 fully saturated rings. The van der Waals surface area contributed by atoms with Crippen molar-refractivity contribution in [2.75, 3.05) is 25.2 Å². The molecule has 4 aromatic rings. The van der Waals surface area contributed by atoms with Crippen LogP contribution < -0.4 is 15.0 Å². The molecule has 3 aromatic carbocycles. The Labute approximate surface area is 219 Å². The Bertz CT molecular complexity index is 1420. The van der Waals surface area contributed by atoms with Crippen LogP contribution in [0.25, 0.3) is 11.0 Å². The molecule has 1 aliphatic rings. The fourth-order valence-corrected chi connectivity index (χ4v) is 4.63. The molecule has 0 aliphatic carbocycles. The normalized spacial score (nSPS) is 15.8. The number of para-hydroxylation sites is 1. The van der Waals surface area contributed by atoms with Gasteiger partial charge in [-0.2, -0.15) is 0 Å². The molecule has 1 N–H and O–H groups in total. The summed E-state index contributed by atoms with van der Waals surface area (Å²) < 4.78 is 27.6. The average molecular weight is 518 g/mol. The van der Waals surface area contributed by atoms with Gasteiger partial charge in [-0.15, -0.1) is 5.10 Å². The van der Waals surface area contributed by atoms with Crippen molar-refractivity contribution in [3.8, 4) is 5.75 Å². The fraction of sp³-hybridized carbons (Fsp3) is 0.286. The van der Waals surface area contributed by atoms with Crippen molar-refractivity contribution in [2.24, 2.45) is 0 Å². The summed E-state index contributed by atoms with van der Waals surface area (Å²) in [5, 5.41) is 11.1. The second-order valence-electron chi connectivity index (χ2n) is 9.00. The van der Waals surface area contributed by atoms with E-state index in [1.54, 1.807) is 42.5 Å². The Morgan fingerprint density at radius 2 is 1.89 bits per heavy atom. The number of halogens is 1. The highest BCUT2D eigenvalue weighted by Crippen LogP contribution is 2.31. The van der Waals surface area contributed by atoms with E-state index in [4.69, 9.17) is 9.47 Å². The number of benzene rings is 3. The Morgan fingerprint density at radius 3 is 2.63 bits per heavy atom. The van der Waals surface area contributed by atoms with Crippen molar-refractivity contribution in [1.82, 2.24) is 20.3 Å². The molecule has 1 saturated heterocycles. The Morgan fingerprint density at radius 1 is 1.13 bits per heavy atom. The van der Waals surface area contributed by atoms with E-state index >= 15 is 4.39 Å². The van der Waals surface area contributed by atoms with Gasteiger partial charge in [0.2, 0.25) is 11.8 Å². The number of hydrogen-bond donors (Lipinski definition) is 1. The van der Waals surface area contributed by atoms with Crippen LogP contribution in [0, 0.1) is 5.82 Å². The van der Waals surface area contributed by atoms with Gasteiger partial charge in [0.15, 0.2) is 0 Å². The summed E-state index contributed by atoms with van der Waals surface area (Å²) >= 11 is 0. The third-order valence-corrected chi connectivity index (χ3v) is 6.56. The lowest BCUT2D eigenvalue weighted by molar-refractivity contribution is -0.127. The minimum atomic E-state index is -1.28. The average Bonchev–Trinajstić information content (AvgIpc) is 3.61. The summed E-state index contributed by atoms with van der Waals surface area (Å²) in [4.78, 5) is 29.0. The molecule has 1 aliphatic heterocycles. The summed E-state index contributed by atoms with van der Waals surface area (Å²) in [6, 6.07) is 18.6. The topological polar surface area (TPSA) is 98.6 Å². The number of hydrogen-bond acceptors (Lipinski definition) is 6. The maximum absolute atomic E-state index is 15.2. The molecule has 0 spiro atoms. The van der Waals surface area contributed by atoms with Gasteiger partial charge in [0.05, 0.1) is 18.7 Å². The summed E-state index contributed by atoms with van der Waals surface area (Å²) in [6.45, 7) is 0.693. The fourth-order valence-electron chi connectivity index (χ4n) is 4.63. The van der Waals surface area contributed by atoms with Gasteiger partial charge < -0.3 is 14.8 Å². The van der Waals surface area contributed by atoms with E-state index in [0.717, 1.165) is 12.8 Å². The number of aromatic nitrogens is 3. The van der Waals surface area contributed by atoms with E-state index in [1.165, 1.54) is 28.8 Å². The molecule has 5 rings (SSSR count). The summed E-state index contributed by atoms with van der Waals surface area (Å²) in [7, 11) is 1.54. The molecule has 196 valence electrons. The van der Waals surface area contributed by atoms with Crippen LogP contribution in [0.1, 0.15) is 24.4 Å². The van der Waals surface area contributed by atoms with Gasteiger partial charge >= 0.3 is 0 Å². The number of carbonyl (C=O) groups excluding carboxylic acids is 2. The zero-order valence-corrected chi connectivity index (χ0v) is 20.9. The molecule has 2 amide bonds. The molecule has 0 unspecified atom stereocenters. The molecule has 10 heteroatoms. The van der Waals surface area contributed by atoms with E-state index in [-0.39, 0.29) is 24.8 Å². The number of anilines is 1. The van der Waals surface area contributed by atoms with Crippen LogP contribution in [-0.4, -0.2) is 53.2 Å². The minimum absolute atomic E-state index is 0.0740. The van der Waals surface area contributed by atoms with Crippen molar-refractivity contribution < 1.29 is 23.5 Å². The summed E-state index contributed by atoms with van der Waals surface area (Å²) in [6.07, 6.45) is 1.62. The van der Waals surface area contributed by atoms with Crippen LogP contribution in [0.15, 0.2) is 72.8 Å². The molecule has 0 bridgehead atoms. The van der Waals surface area contributed by atoms with Gasteiger partial charge in [-0.3, -0.25) is 14.5 Å². The first-order valence-corrected chi connectivity index (χ1v) is 12.4. The standard InChI is InChI=1S/C28H28FN5O4/c1-37-20-14-12-19(13-15-20)34(26(35)18-33-25-11-5-4-10-24(25)31-32-33)27(22-8-2-3-9-23(22)29)28(36)30-17-21-7-6-16-38-21/h2-5,8-15,21,27H,6-7,16-18H2,1H3,(H,30,36)/t21-,27+/m0/s1. The highest BCUT2D eigenvalue weighted by atomic mass is 19.1. The largest absolute Gasteiger partial charge is 0.497 e. The van der Waals surface area contributed by atoms with Gasteiger partial charge in [0, 0.05) is 24.4 Å². The lowest BCUT2D eigenvalue weighted by Gasteiger charge is -2.32. The first-order valence-electron chi connectivity index (χ1n) is 12.4. The molecule has 0 radical (unpaired) electrons. The Kier molecular flexibility index (Phi) is 7.60. The number of amides is 2.